The quantitative estimate of drug-likeness (QED) is 0.527. The standard InChI is InChI=1S/C26H28N2O4/c1-6-13-31-19-9-7-18(8-10-19)23-22-24(29)20-14-16(2)17(3)15-21(20)32-25(22)26(30)28(23)12-11-27(4)5/h6-10,14-15,23H,1,11-13H2,2-5H3. The van der Waals surface area contributed by atoms with E-state index in [1.165, 1.54) is 0 Å². The smallest absolute Gasteiger partial charge is 0.290 e. The number of hydrogen-bond acceptors (Lipinski definition) is 5. The number of ether oxygens (including phenoxy) is 1. The van der Waals surface area contributed by atoms with Gasteiger partial charge in [0.15, 0.2) is 5.43 Å². The van der Waals surface area contributed by atoms with Gasteiger partial charge in [-0.2, -0.15) is 0 Å². The Kier molecular flexibility index (Phi) is 5.89. The van der Waals surface area contributed by atoms with Crippen molar-refractivity contribution in [2.75, 3.05) is 33.8 Å². The first kappa shape index (κ1) is 21.8. The van der Waals surface area contributed by atoms with Crippen molar-refractivity contribution in [2.45, 2.75) is 19.9 Å². The van der Waals surface area contributed by atoms with Gasteiger partial charge in [0.25, 0.3) is 5.91 Å². The number of nitrogens with zero attached hydrogens (tertiary/aromatic N) is 2. The summed E-state index contributed by atoms with van der Waals surface area (Å²) in [5, 5.41) is 0.505. The molecule has 0 saturated heterocycles. The summed E-state index contributed by atoms with van der Waals surface area (Å²) in [6.45, 7) is 9.15. The molecule has 32 heavy (non-hydrogen) atoms. The van der Waals surface area contributed by atoms with Gasteiger partial charge >= 0.3 is 0 Å². The summed E-state index contributed by atoms with van der Waals surface area (Å²) in [5.41, 5.74) is 3.58. The van der Waals surface area contributed by atoms with Crippen molar-refractivity contribution in [3.8, 4) is 5.75 Å². The second kappa shape index (κ2) is 8.63. The molecule has 1 aliphatic rings. The van der Waals surface area contributed by atoms with Crippen molar-refractivity contribution in [2.24, 2.45) is 0 Å². The van der Waals surface area contributed by atoms with Crippen LogP contribution in [0.4, 0.5) is 0 Å². The predicted molar refractivity (Wildman–Crippen MR) is 126 cm³/mol. The highest BCUT2D eigenvalue weighted by Gasteiger charge is 2.42. The Morgan fingerprint density at radius 1 is 1.12 bits per heavy atom. The lowest BCUT2D eigenvalue weighted by atomic mass is 9.97. The van der Waals surface area contributed by atoms with Gasteiger partial charge in [0.1, 0.15) is 17.9 Å². The number of likely N-dealkylation sites (N-methyl/N-ethyl adjacent to an activating group) is 1. The molecule has 0 bridgehead atoms. The highest BCUT2D eigenvalue weighted by molar-refractivity contribution is 5.99. The number of benzene rings is 2. The van der Waals surface area contributed by atoms with Crippen LogP contribution in [-0.2, 0) is 0 Å². The van der Waals surface area contributed by atoms with E-state index in [0.717, 1.165) is 16.7 Å². The van der Waals surface area contributed by atoms with E-state index in [0.29, 0.717) is 42.0 Å². The topological polar surface area (TPSA) is 63.0 Å². The third-order valence-electron chi connectivity index (χ3n) is 5.93. The predicted octanol–water partition coefficient (Wildman–Crippen LogP) is 4.08. The van der Waals surface area contributed by atoms with E-state index in [9.17, 15) is 9.59 Å². The molecule has 0 N–H and O–H groups in total. The maximum absolute atomic E-state index is 13.6. The largest absolute Gasteiger partial charge is 0.490 e. The first-order valence-corrected chi connectivity index (χ1v) is 10.7. The molecule has 3 aromatic rings. The highest BCUT2D eigenvalue weighted by atomic mass is 16.5. The van der Waals surface area contributed by atoms with Gasteiger partial charge in [-0.15, -0.1) is 0 Å². The number of hydrogen-bond donors (Lipinski definition) is 0. The molecular weight excluding hydrogens is 404 g/mol. The summed E-state index contributed by atoms with van der Waals surface area (Å²) >= 11 is 0. The molecule has 166 valence electrons. The van der Waals surface area contributed by atoms with Crippen molar-refractivity contribution >= 4 is 16.9 Å². The lowest BCUT2D eigenvalue weighted by molar-refractivity contribution is 0.0716. The lowest BCUT2D eigenvalue weighted by Gasteiger charge is -2.26. The zero-order valence-electron chi connectivity index (χ0n) is 19.0. The highest BCUT2D eigenvalue weighted by Crippen LogP contribution is 2.38. The summed E-state index contributed by atoms with van der Waals surface area (Å²) in [7, 11) is 3.91. The van der Waals surface area contributed by atoms with Crippen LogP contribution in [0.5, 0.6) is 5.75 Å². The van der Waals surface area contributed by atoms with Crippen LogP contribution in [0, 0.1) is 13.8 Å². The van der Waals surface area contributed by atoms with Crippen molar-refractivity contribution < 1.29 is 13.9 Å². The molecule has 0 saturated carbocycles. The molecule has 0 radical (unpaired) electrons. The lowest BCUT2D eigenvalue weighted by Crippen LogP contribution is -2.35. The summed E-state index contributed by atoms with van der Waals surface area (Å²) in [4.78, 5) is 30.7. The zero-order chi connectivity index (χ0) is 23.0. The van der Waals surface area contributed by atoms with Crippen molar-refractivity contribution in [3.63, 3.8) is 0 Å². The Morgan fingerprint density at radius 2 is 1.81 bits per heavy atom. The van der Waals surface area contributed by atoms with E-state index in [-0.39, 0.29) is 17.1 Å². The van der Waals surface area contributed by atoms with Crippen LogP contribution in [0.2, 0.25) is 0 Å². The number of rotatable bonds is 7. The van der Waals surface area contributed by atoms with Crippen LogP contribution in [0.15, 0.2) is 58.3 Å². The Balaban J connectivity index is 1.87. The van der Waals surface area contributed by atoms with Crippen molar-refractivity contribution in [3.05, 3.63) is 87.3 Å². The van der Waals surface area contributed by atoms with E-state index in [4.69, 9.17) is 9.15 Å². The molecule has 1 atom stereocenters. The van der Waals surface area contributed by atoms with Gasteiger partial charge in [0.2, 0.25) is 5.76 Å². The molecule has 0 aliphatic carbocycles. The molecule has 2 heterocycles. The minimum Gasteiger partial charge on any atom is -0.490 e. The number of amides is 1. The Morgan fingerprint density at radius 3 is 2.47 bits per heavy atom. The minimum atomic E-state index is -0.506. The van der Waals surface area contributed by atoms with E-state index in [2.05, 4.69) is 6.58 Å². The molecule has 1 unspecified atom stereocenters. The Hall–Kier alpha value is -3.38. The maximum atomic E-state index is 13.6. The third kappa shape index (κ3) is 3.82. The van der Waals surface area contributed by atoms with E-state index in [1.54, 1.807) is 11.0 Å². The molecule has 6 nitrogen and oxygen atoms in total. The summed E-state index contributed by atoms with van der Waals surface area (Å²) in [6.07, 6.45) is 1.68. The molecule has 4 rings (SSSR count). The van der Waals surface area contributed by atoms with Crippen LogP contribution in [0.3, 0.4) is 0 Å². The SMILES string of the molecule is C=CCOc1ccc(C2c3c(oc4cc(C)c(C)cc4c3=O)C(=O)N2CCN(C)C)cc1. The van der Waals surface area contributed by atoms with E-state index >= 15 is 0 Å². The summed E-state index contributed by atoms with van der Waals surface area (Å²) in [5.74, 6) is 0.590. The molecule has 6 heteroatoms. The number of carbonyl (C=O) groups excluding carboxylic acids is 1. The van der Waals surface area contributed by atoms with Crippen LogP contribution in [-0.4, -0.2) is 49.5 Å². The average Bonchev–Trinajstić information content (AvgIpc) is 3.04. The monoisotopic (exact) mass is 432 g/mol. The molecule has 2 aromatic carbocycles. The van der Waals surface area contributed by atoms with Crippen LogP contribution >= 0.6 is 0 Å². The van der Waals surface area contributed by atoms with Crippen molar-refractivity contribution in [1.82, 2.24) is 9.80 Å². The van der Waals surface area contributed by atoms with Gasteiger partial charge in [-0.1, -0.05) is 24.8 Å². The van der Waals surface area contributed by atoms with Crippen LogP contribution in [0.25, 0.3) is 11.0 Å². The Bertz CT molecular complexity index is 1240. The second-order valence-corrected chi connectivity index (χ2v) is 8.48. The fourth-order valence-electron chi connectivity index (χ4n) is 4.06. The first-order valence-electron chi connectivity index (χ1n) is 10.7. The maximum Gasteiger partial charge on any atom is 0.290 e. The van der Waals surface area contributed by atoms with Gasteiger partial charge in [-0.05, 0) is 68.9 Å². The van der Waals surface area contributed by atoms with Gasteiger partial charge in [-0.25, -0.2) is 0 Å². The molecule has 0 fully saturated rings. The van der Waals surface area contributed by atoms with Gasteiger partial charge in [-0.3, -0.25) is 9.59 Å². The molecule has 1 amide bonds. The molecule has 1 aliphatic heterocycles. The normalized spacial score (nSPS) is 15.5. The van der Waals surface area contributed by atoms with Crippen LogP contribution in [0.1, 0.15) is 38.9 Å². The molecular formula is C26H28N2O4. The molecule has 0 spiro atoms. The number of fused-ring (bicyclic) bond motifs is 2. The zero-order valence-corrected chi connectivity index (χ0v) is 19.0. The fourth-order valence-corrected chi connectivity index (χ4v) is 4.06. The number of carbonyl (C=O) groups is 1. The second-order valence-electron chi connectivity index (χ2n) is 8.48. The minimum absolute atomic E-state index is 0.140. The first-order chi connectivity index (χ1) is 15.3. The molecule has 1 aromatic heterocycles. The van der Waals surface area contributed by atoms with E-state index in [1.807, 2.05) is 69.2 Å². The fraction of sp³-hybridized carbons (Fsp3) is 0.308. The van der Waals surface area contributed by atoms with Crippen molar-refractivity contribution in [1.29, 1.82) is 0 Å². The van der Waals surface area contributed by atoms with Gasteiger partial charge in [0.05, 0.1) is 17.0 Å². The van der Waals surface area contributed by atoms with Gasteiger partial charge in [0, 0.05) is 13.1 Å². The Labute approximate surface area is 187 Å². The number of aryl methyl sites for hydroxylation is 2. The summed E-state index contributed by atoms with van der Waals surface area (Å²) in [6, 6.07) is 10.7. The average molecular weight is 433 g/mol. The summed E-state index contributed by atoms with van der Waals surface area (Å²) < 4.78 is 11.6. The van der Waals surface area contributed by atoms with E-state index < -0.39 is 6.04 Å². The van der Waals surface area contributed by atoms with Gasteiger partial charge < -0.3 is 19.0 Å². The van der Waals surface area contributed by atoms with Crippen LogP contribution < -0.4 is 10.2 Å². The third-order valence-corrected chi connectivity index (χ3v) is 5.93.